The van der Waals surface area contributed by atoms with Crippen LogP contribution in [0.5, 0.6) is 0 Å². The first-order chi connectivity index (χ1) is 15.9. The summed E-state index contributed by atoms with van der Waals surface area (Å²) >= 11 is 0. The van der Waals surface area contributed by atoms with Gasteiger partial charge < -0.3 is 26.0 Å². The van der Waals surface area contributed by atoms with Gasteiger partial charge >= 0.3 is 6.09 Å². The number of aliphatic hydroxyl groups is 2. The van der Waals surface area contributed by atoms with Gasteiger partial charge in [0.15, 0.2) is 5.82 Å². The zero-order valence-corrected chi connectivity index (χ0v) is 17.7. The number of hydrogen-bond acceptors (Lipinski definition) is 5. The van der Waals surface area contributed by atoms with Gasteiger partial charge in [0.2, 0.25) is 0 Å². The van der Waals surface area contributed by atoms with Gasteiger partial charge in [-0.15, -0.1) is 0 Å². The molecule has 0 bridgehead atoms. The second-order valence-electron chi connectivity index (χ2n) is 7.92. The zero-order chi connectivity index (χ0) is 23.5. The van der Waals surface area contributed by atoms with E-state index in [0.29, 0.717) is 0 Å². The summed E-state index contributed by atoms with van der Waals surface area (Å²) < 4.78 is 33.3. The average Bonchev–Trinajstić information content (AvgIpc) is 3.14. The summed E-state index contributed by atoms with van der Waals surface area (Å²) in [6.07, 6.45) is -4.21. The number of ether oxygens (including phenoxy) is 1. The van der Waals surface area contributed by atoms with Crippen molar-refractivity contribution in [3.8, 4) is 11.1 Å². The minimum absolute atomic E-state index is 0.0690. The normalized spacial score (nSPS) is 14.3. The first-order valence-electron chi connectivity index (χ1n) is 10.6. The second-order valence-corrected chi connectivity index (χ2v) is 7.92. The number of benzene rings is 3. The SMILES string of the molecule is Nc1ccc(F)c(C(O)C(O)CCNC(=O)OCC2c3ccccc3-c3ccccc32)c1F. The minimum Gasteiger partial charge on any atom is -0.449 e. The van der Waals surface area contributed by atoms with Crippen LogP contribution >= 0.6 is 0 Å². The first-order valence-corrected chi connectivity index (χ1v) is 10.6. The number of anilines is 1. The summed E-state index contributed by atoms with van der Waals surface area (Å²) in [5.74, 6) is -2.23. The number of alkyl carbamates (subject to hydrolysis) is 1. The molecule has 0 heterocycles. The van der Waals surface area contributed by atoms with Gasteiger partial charge in [0.05, 0.1) is 17.4 Å². The Labute approximate surface area is 189 Å². The van der Waals surface area contributed by atoms with Crippen LogP contribution in [0.15, 0.2) is 60.7 Å². The molecule has 33 heavy (non-hydrogen) atoms. The van der Waals surface area contributed by atoms with Crippen LogP contribution in [0.1, 0.15) is 35.1 Å². The maximum absolute atomic E-state index is 14.1. The van der Waals surface area contributed by atoms with Gasteiger partial charge in [0, 0.05) is 12.5 Å². The summed E-state index contributed by atoms with van der Waals surface area (Å²) in [4.78, 5) is 12.2. The fourth-order valence-electron chi connectivity index (χ4n) is 4.18. The lowest BCUT2D eigenvalue weighted by Gasteiger charge is -2.20. The van der Waals surface area contributed by atoms with E-state index in [-0.39, 0.29) is 31.2 Å². The third-order valence-electron chi connectivity index (χ3n) is 5.87. The monoisotopic (exact) mass is 454 g/mol. The van der Waals surface area contributed by atoms with E-state index in [4.69, 9.17) is 10.5 Å². The Morgan fingerprint density at radius 2 is 1.61 bits per heavy atom. The molecular formula is C25H24F2N2O4. The molecule has 6 nitrogen and oxygen atoms in total. The summed E-state index contributed by atoms with van der Waals surface area (Å²) in [5.41, 5.74) is 8.74. The largest absolute Gasteiger partial charge is 0.449 e. The topological polar surface area (TPSA) is 105 Å². The number of carbonyl (C=O) groups excluding carboxylic acids is 1. The zero-order valence-electron chi connectivity index (χ0n) is 17.7. The van der Waals surface area contributed by atoms with E-state index >= 15 is 0 Å². The van der Waals surface area contributed by atoms with E-state index in [1.54, 1.807) is 0 Å². The molecule has 2 unspecified atom stereocenters. The number of nitrogens with two attached hydrogens (primary N) is 1. The number of carbonyl (C=O) groups is 1. The Hall–Kier alpha value is -3.49. The fourth-order valence-corrected chi connectivity index (χ4v) is 4.18. The van der Waals surface area contributed by atoms with Crippen molar-refractivity contribution in [1.29, 1.82) is 0 Å². The molecule has 0 radical (unpaired) electrons. The maximum atomic E-state index is 14.1. The smallest absolute Gasteiger partial charge is 0.407 e. The fraction of sp³-hybridized carbons (Fsp3) is 0.240. The van der Waals surface area contributed by atoms with E-state index in [0.717, 1.165) is 34.4 Å². The van der Waals surface area contributed by atoms with Gasteiger partial charge in [-0.25, -0.2) is 13.6 Å². The molecule has 0 aliphatic heterocycles. The van der Waals surface area contributed by atoms with Crippen molar-refractivity contribution >= 4 is 11.8 Å². The van der Waals surface area contributed by atoms with E-state index in [1.807, 2.05) is 48.5 Å². The maximum Gasteiger partial charge on any atom is 0.407 e. The van der Waals surface area contributed by atoms with Crippen molar-refractivity contribution in [2.24, 2.45) is 0 Å². The molecule has 2 atom stereocenters. The van der Waals surface area contributed by atoms with Crippen LogP contribution in [-0.2, 0) is 4.74 Å². The van der Waals surface area contributed by atoms with Crippen molar-refractivity contribution in [3.05, 3.63) is 89.0 Å². The first kappa shape index (κ1) is 22.7. The molecule has 4 rings (SSSR count). The van der Waals surface area contributed by atoms with Crippen LogP contribution in [0.2, 0.25) is 0 Å². The predicted molar refractivity (Wildman–Crippen MR) is 119 cm³/mol. The summed E-state index contributed by atoms with van der Waals surface area (Å²) in [7, 11) is 0. The molecule has 1 aliphatic carbocycles. The van der Waals surface area contributed by atoms with Gasteiger partial charge in [0.25, 0.3) is 0 Å². The Balaban J connectivity index is 1.31. The van der Waals surface area contributed by atoms with Crippen LogP contribution in [0.4, 0.5) is 19.3 Å². The standard InChI is InChI=1S/C25H24F2N2O4/c26-19-9-10-20(28)23(27)22(19)24(31)21(30)11-12-29-25(32)33-13-18-16-7-3-1-5-14(16)15-6-2-4-8-17(15)18/h1-10,18,21,24,30-31H,11-13,28H2,(H,29,32). The Kier molecular flexibility index (Phi) is 6.57. The number of amides is 1. The minimum atomic E-state index is -1.84. The number of aliphatic hydroxyl groups excluding tert-OH is 2. The van der Waals surface area contributed by atoms with Crippen molar-refractivity contribution < 1.29 is 28.5 Å². The molecule has 1 aliphatic rings. The Morgan fingerprint density at radius 1 is 1.00 bits per heavy atom. The Bertz CT molecular complexity index is 1130. The molecule has 0 fully saturated rings. The average molecular weight is 454 g/mol. The summed E-state index contributed by atoms with van der Waals surface area (Å²) in [6, 6.07) is 17.8. The quantitative estimate of drug-likeness (QED) is 0.406. The van der Waals surface area contributed by atoms with Crippen LogP contribution < -0.4 is 11.1 Å². The summed E-state index contributed by atoms with van der Waals surface area (Å²) in [6.45, 7) is 0.0607. The van der Waals surface area contributed by atoms with E-state index in [1.165, 1.54) is 0 Å². The Morgan fingerprint density at radius 3 is 2.24 bits per heavy atom. The van der Waals surface area contributed by atoms with Crippen molar-refractivity contribution in [2.75, 3.05) is 18.9 Å². The summed E-state index contributed by atoms with van der Waals surface area (Å²) in [5, 5.41) is 22.8. The highest BCUT2D eigenvalue weighted by Crippen LogP contribution is 2.44. The predicted octanol–water partition coefficient (Wildman–Crippen LogP) is 3.87. The van der Waals surface area contributed by atoms with Gasteiger partial charge in [-0.1, -0.05) is 48.5 Å². The number of nitrogens with one attached hydrogen (secondary N) is 1. The highest BCUT2D eigenvalue weighted by atomic mass is 19.1. The van der Waals surface area contributed by atoms with Crippen molar-refractivity contribution in [1.82, 2.24) is 5.32 Å². The lowest BCUT2D eigenvalue weighted by Crippen LogP contribution is -2.31. The molecular weight excluding hydrogens is 430 g/mol. The van der Waals surface area contributed by atoms with Crippen LogP contribution in [0.3, 0.4) is 0 Å². The lowest BCUT2D eigenvalue weighted by atomic mass is 9.98. The third-order valence-corrected chi connectivity index (χ3v) is 5.87. The number of hydrogen-bond donors (Lipinski definition) is 4. The number of fused-ring (bicyclic) bond motifs is 3. The number of rotatable bonds is 7. The van der Waals surface area contributed by atoms with Crippen molar-refractivity contribution in [3.63, 3.8) is 0 Å². The number of nitrogen functional groups attached to an aromatic ring is 1. The van der Waals surface area contributed by atoms with Gasteiger partial charge in [0.1, 0.15) is 18.5 Å². The van der Waals surface area contributed by atoms with Crippen LogP contribution in [0.25, 0.3) is 11.1 Å². The van der Waals surface area contributed by atoms with Crippen LogP contribution in [0, 0.1) is 11.6 Å². The van der Waals surface area contributed by atoms with E-state index in [9.17, 15) is 23.8 Å². The van der Waals surface area contributed by atoms with Gasteiger partial charge in [-0.3, -0.25) is 0 Å². The van der Waals surface area contributed by atoms with Crippen molar-refractivity contribution in [2.45, 2.75) is 24.5 Å². The highest BCUT2D eigenvalue weighted by molar-refractivity contribution is 5.79. The lowest BCUT2D eigenvalue weighted by molar-refractivity contribution is 0.00955. The molecule has 0 aromatic heterocycles. The van der Waals surface area contributed by atoms with E-state index in [2.05, 4.69) is 5.32 Å². The van der Waals surface area contributed by atoms with Gasteiger partial charge in [-0.05, 0) is 40.8 Å². The van der Waals surface area contributed by atoms with Crippen LogP contribution in [-0.4, -0.2) is 35.6 Å². The molecule has 3 aromatic carbocycles. The third kappa shape index (κ3) is 4.53. The molecule has 8 heteroatoms. The highest BCUT2D eigenvalue weighted by Gasteiger charge is 2.29. The molecule has 172 valence electrons. The molecule has 1 amide bonds. The molecule has 0 saturated carbocycles. The molecule has 3 aromatic rings. The molecule has 0 spiro atoms. The molecule has 0 saturated heterocycles. The van der Waals surface area contributed by atoms with E-state index < -0.39 is 35.5 Å². The van der Waals surface area contributed by atoms with Gasteiger partial charge in [-0.2, -0.15) is 0 Å². The number of halogens is 2. The second kappa shape index (κ2) is 9.56. The molecule has 5 N–H and O–H groups in total.